The maximum Gasteiger partial charge on any atom is 0.214 e. The zero-order chi connectivity index (χ0) is 11.3. The Kier molecular flexibility index (Phi) is 4.98. The fraction of sp³-hybridized carbons (Fsp3) is 1.00. The molecule has 0 radical (unpaired) electrons. The van der Waals surface area contributed by atoms with Gasteiger partial charge in [0.25, 0.3) is 0 Å². The van der Waals surface area contributed by atoms with E-state index in [1.807, 2.05) is 0 Å². The molecule has 1 saturated heterocycles. The molecule has 1 rings (SSSR count). The van der Waals surface area contributed by atoms with Gasteiger partial charge in [0.1, 0.15) is 0 Å². The van der Waals surface area contributed by atoms with Crippen molar-refractivity contribution in [3.8, 4) is 0 Å². The van der Waals surface area contributed by atoms with Crippen LogP contribution in [-0.2, 0) is 14.8 Å². The summed E-state index contributed by atoms with van der Waals surface area (Å²) < 4.78 is 30.1. The molecule has 1 heterocycles. The second kappa shape index (κ2) is 5.79. The molecule has 1 aliphatic rings. The monoisotopic (exact) mass is 237 g/mol. The number of aliphatic hydroxyl groups excluding tert-OH is 1. The second-order valence-corrected chi connectivity index (χ2v) is 5.93. The molecule has 15 heavy (non-hydrogen) atoms. The first-order valence-electron chi connectivity index (χ1n) is 5.22. The van der Waals surface area contributed by atoms with Gasteiger partial charge in [0.05, 0.1) is 18.4 Å². The predicted molar refractivity (Wildman–Crippen MR) is 57.1 cm³/mol. The quantitative estimate of drug-likeness (QED) is 0.650. The van der Waals surface area contributed by atoms with E-state index in [0.29, 0.717) is 26.1 Å². The van der Waals surface area contributed by atoms with Crippen molar-refractivity contribution >= 4 is 10.0 Å². The van der Waals surface area contributed by atoms with Crippen molar-refractivity contribution in [2.75, 3.05) is 32.6 Å². The zero-order valence-corrected chi connectivity index (χ0v) is 9.87. The average Bonchev–Trinajstić information content (AvgIpc) is 2.69. The lowest BCUT2D eigenvalue weighted by atomic mass is 10.3. The van der Waals surface area contributed by atoms with Gasteiger partial charge in [0.2, 0.25) is 10.0 Å². The van der Waals surface area contributed by atoms with Gasteiger partial charge in [-0.05, 0) is 19.3 Å². The molecule has 1 atom stereocenters. The molecule has 5 nitrogen and oxygen atoms in total. The predicted octanol–water partition coefficient (Wildman–Crippen LogP) is -0.191. The fourth-order valence-corrected chi connectivity index (χ4v) is 3.05. The number of nitrogens with zero attached hydrogens (tertiary/aromatic N) is 1. The van der Waals surface area contributed by atoms with Crippen molar-refractivity contribution in [3.63, 3.8) is 0 Å². The molecule has 0 aliphatic carbocycles. The number of rotatable bonds is 6. The van der Waals surface area contributed by atoms with Crippen LogP contribution in [0.15, 0.2) is 0 Å². The van der Waals surface area contributed by atoms with E-state index in [1.54, 1.807) is 7.05 Å². The van der Waals surface area contributed by atoms with Gasteiger partial charge in [-0.2, -0.15) is 4.31 Å². The number of ether oxygens (including phenoxy) is 1. The van der Waals surface area contributed by atoms with Crippen LogP contribution >= 0.6 is 0 Å². The Bertz CT molecular complexity index is 272. The van der Waals surface area contributed by atoms with Gasteiger partial charge in [-0.25, -0.2) is 8.42 Å². The van der Waals surface area contributed by atoms with E-state index >= 15 is 0 Å². The highest BCUT2D eigenvalue weighted by atomic mass is 32.2. The van der Waals surface area contributed by atoms with Crippen molar-refractivity contribution in [1.82, 2.24) is 4.31 Å². The normalized spacial score (nSPS) is 22.5. The molecule has 6 heteroatoms. The summed E-state index contributed by atoms with van der Waals surface area (Å²) in [6.45, 7) is 1.18. The SMILES string of the molecule is CN(C1CCOC1)S(=O)(=O)CCCCO. The first kappa shape index (κ1) is 12.9. The molecular formula is C9H19NO4S. The Labute approximate surface area is 91.1 Å². The molecule has 0 bridgehead atoms. The van der Waals surface area contributed by atoms with E-state index in [0.717, 1.165) is 6.42 Å². The number of likely N-dealkylation sites (N-methyl/N-ethyl adjacent to an activating group) is 1. The van der Waals surface area contributed by atoms with Crippen molar-refractivity contribution in [1.29, 1.82) is 0 Å². The molecular weight excluding hydrogens is 218 g/mol. The second-order valence-electron chi connectivity index (χ2n) is 3.78. The zero-order valence-electron chi connectivity index (χ0n) is 9.05. The van der Waals surface area contributed by atoms with Crippen LogP contribution in [0.4, 0.5) is 0 Å². The van der Waals surface area contributed by atoms with Gasteiger partial charge in [-0.1, -0.05) is 0 Å². The van der Waals surface area contributed by atoms with Crippen LogP contribution in [0.3, 0.4) is 0 Å². The maximum absolute atomic E-state index is 11.8. The van der Waals surface area contributed by atoms with Crippen LogP contribution in [0.5, 0.6) is 0 Å². The summed E-state index contributed by atoms with van der Waals surface area (Å²) >= 11 is 0. The molecule has 1 unspecified atom stereocenters. The molecule has 0 saturated carbocycles. The topological polar surface area (TPSA) is 66.8 Å². The van der Waals surface area contributed by atoms with Crippen molar-refractivity contribution < 1.29 is 18.3 Å². The third kappa shape index (κ3) is 3.71. The van der Waals surface area contributed by atoms with E-state index in [2.05, 4.69) is 0 Å². The maximum atomic E-state index is 11.8. The third-order valence-electron chi connectivity index (χ3n) is 2.67. The number of hydrogen-bond donors (Lipinski definition) is 1. The summed E-state index contributed by atoms with van der Waals surface area (Å²) in [5.74, 6) is 0.112. The fourth-order valence-electron chi connectivity index (χ4n) is 1.58. The van der Waals surface area contributed by atoms with Crippen LogP contribution < -0.4 is 0 Å². The lowest BCUT2D eigenvalue weighted by Gasteiger charge is -2.22. The average molecular weight is 237 g/mol. The molecule has 1 N–H and O–H groups in total. The lowest BCUT2D eigenvalue weighted by molar-refractivity contribution is 0.181. The summed E-state index contributed by atoms with van der Waals surface area (Å²) in [4.78, 5) is 0. The van der Waals surface area contributed by atoms with Gasteiger partial charge < -0.3 is 9.84 Å². The minimum Gasteiger partial charge on any atom is -0.396 e. The minimum atomic E-state index is -3.17. The molecule has 0 spiro atoms. The van der Waals surface area contributed by atoms with E-state index in [-0.39, 0.29) is 18.4 Å². The van der Waals surface area contributed by atoms with E-state index in [1.165, 1.54) is 4.31 Å². The molecule has 90 valence electrons. The van der Waals surface area contributed by atoms with Crippen LogP contribution in [0.2, 0.25) is 0 Å². The first-order valence-corrected chi connectivity index (χ1v) is 6.83. The van der Waals surface area contributed by atoms with Crippen LogP contribution in [0.1, 0.15) is 19.3 Å². The summed E-state index contributed by atoms with van der Waals surface area (Å²) in [5.41, 5.74) is 0. The highest BCUT2D eigenvalue weighted by molar-refractivity contribution is 7.89. The largest absolute Gasteiger partial charge is 0.396 e. The molecule has 0 amide bonds. The molecule has 0 aromatic carbocycles. The first-order chi connectivity index (χ1) is 7.08. The van der Waals surface area contributed by atoms with Gasteiger partial charge >= 0.3 is 0 Å². The Morgan fingerprint density at radius 1 is 1.47 bits per heavy atom. The Morgan fingerprint density at radius 2 is 2.20 bits per heavy atom. The Balaban J connectivity index is 2.44. The summed E-state index contributed by atoms with van der Waals surface area (Å²) in [7, 11) is -1.57. The third-order valence-corrected chi connectivity index (χ3v) is 4.65. The van der Waals surface area contributed by atoms with Gasteiger partial charge in [-0.15, -0.1) is 0 Å². The minimum absolute atomic E-state index is 0.0101. The van der Waals surface area contributed by atoms with Gasteiger partial charge in [0, 0.05) is 20.3 Å². The van der Waals surface area contributed by atoms with Crippen molar-refractivity contribution in [2.24, 2.45) is 0 Å². The molecule has 0 aromatic heterocycles. The van der Waals surface area contributed by atoms with Crippen LogP contribution in [-0.4, -0.2) is 56.5 Å². The van der Waals surface area contributed by atoms with Gasteiger partial charge in [0.15, 0.2) is 0 Å². The van der Waals surface area contributed by atoms with E-state index in [9.17, 15) is 8.42 Å². The smallest absolute Gasteiger partial charge is 0.214 e. The van der Waals surface area contributed by atoms with Crippen LogP contribution in [0.25, 0.3) is 0 Å². The number of unbranched alkanes of at least 4 members (excludes halogenated alkanes) is 1. The Morgan fingerprint density at radius 3 is 2.73 bits per heavy atom. The molecule has 1 aliphatic heterocycles. The number of sulfonamides is 1. The lowest BCUT2D eigenvalue weighted by Crippen LogP contribution is -2.38. The van der Waals surface area contributed by atoms with Crippen molar-refractivity contribution in [2.45, 2.75) is 25.3 Å². The number of hydrogen-bond acceptors (Lipinski definition) is 4. The van der Waals surface area contributed by atoms with E-state index < -0.39 is 10.0 Å². The van der Waals surface area contributed by atoms with Crippen molar-refractivity contribution in [3.05, 3.63) is 0 Å². The Hall–Kier alpha value is -0.170. The summed E-state index contributed by atoms with van der Waals surface area (Å²) in [6, 6.07) is -0.0101. The number of aliphatic hydroxyl groups is 1. The highest BCUT2D eigenvalue weighted by Gasteiger charge is 2.28. The van der Waals surface area contributed by atoms with E-state index in [4.69, 9.17) is 9.84 Å². The van der Waals surface area contributed by atoms with Crippen LogP contribution in [0, 0.1) is 0 Å². The molecule has 0 aromatic rings. The summed E-state index contributed by atoms with van der Waals surface area (Å²) in [6.07, 6.45) is 1.82. The summed E-state index contributed by atoms with van der Waals surface area (Å²) in [5, 5.41) is 8.58. The standard InChI is InChI=1S/C9H19NO4S/c1-10(9-4-6-14-8-9)15(12,13)7-3-2-5-11/h9,11H,2-8H2,1H3. The molecule has 1 fully saturated rings. The highest BCUT2D eigenvalue weighted by Crippen LogP contribution is 2.15. The van der Waals surface area contributed by atoms with Gasteiger partial charge in [-0.3, -0.25) is 0 Å².